The van der Waals surface area contributed by atoms with Gasteiger partial charge in [0.2, 0.25) is 0 Å². The van der Waals surface area contributed by atoms with Crippen LogP contribution < -0.4 is 5.32 Å². The van der Waals surface area contributed by atoms with E-state index in [0.29, 0.717) is 0 Å². The van der Waals surface area contributed by atoms with Crippen molar-refractivity contribution in [3.05, 3.63) is 65.7 Å². The predicted octanol–water partition coefficient (Wildman–Crippen LogP) is 3.26. The molecule has 0 radical (unpaired) electrons. The van der Waals surface area contributed by atoms with Gasteiger partial charge in [0.25, 0.3) is 0 Å². The van der Waals surface area contributed by atoms with Gasteiger partial charge in [0.05, 0.1) is 12.2 Å². The number of halogens is 1. The van der Waals surface area contributed by atoms with Gasteiger partial charge < -0.3 is 10.1 Å². The Labute approximate surface area is 118 Å². The smallest absolute Gasteiger partial charge is 0.141 e. The lowest BCUT2D eigenvalue weighted by Gasteiger charge is -2.27. The zero-order valence-electron chi connectivity index (χ0n) is 11.7. The van der Waals surface area contributed by atoms with Gasteiger partial charge in [0, 0.05) is 13.3 Å². The van der Waals surface area contributed by atoms with E-state index in [9.17, 15) is 4.39 Å². The van der Waals surface area contributed by atoms with Crippen LogP contribution in [0.3, 0.4) is 0 Å². The lowest BCUT2D eigenvalue weighted by Crippen LogP contribution is -2.28. The zero-order chi connectivity index (χ0) is 14.4. The molecule has 0 bridgehead atoms. The summed E-state index contributed by atoms with van der Waals surface area (Å²) in [7, 11) is 1.66. The molecule has 1 aromatic heterocycles. The largest absolute Gasteiger partial charge is 0.375 e. The van der Waals surface area contributed by atoms with Gasteiger partial charge in [-0.25, -0.2) is 4.39 Å². The van der Waals surface area contributed by atoms with Gasteiger partial charge in [0.1, 0.15) is 11.9 Å². The molecule has 2 unspecified atom stereocenters. The summed E-state index contributed by atoms with van der Waals surface area (Å²) in [6, 6.07) is 11.3. The first-order valence-corrected chi connectivity index (χ1v) is 6.67. The van der Waals surface area contributed by atoms with Crippen molar-refractivity contribution in [2.45, 2.75) is 19.1 Å². The number of ether oxygens (including phenoxy) is 1. The van der Waals surface area contributed by atoms with Gasteiger partial charge >= 0.3 is 0 Å². The van der Waals surface area contributed by atoms with Gasteiger partial charge in [0.15, 0.2) is 0 Å². The van der Waals surface area contributed by atoms with Crippen LogP contribution in [0.4, 0.5) is 4.39 Å². The third-order valence-corrected chi connectivity index (χ3v) is 3.19. The summed E-state index contributed by atoms with van der Waals surface area (Å²) in [6.45, 7) is 2.77. The molecule has 2 rings (SSSR count). The second-order valence-electron chi connectivity index (χ2n) is 4.54. The lowest BCUT2D eigenvalue weighted by atomic mass is 9.96. The second-order valence-corrected chi connectivity index (χ2v) is 4.54. The molecular weight excluding hydrogens is 255 g/mol. The van der Waals surface area contributed by atoms with Crippen LogP contribution in [0.2, 0.25) is 0 Å². The van der Waals surface area contributed by atoms with Crippen LogP contribution in [0.5, 0.6) is 0 Å². The van der Waals surface area contributed by atoms with Crippen molar-refractivity contribution in [2.24, 2.45) is 0 Å². The first-order chi connectivity index (χ1) is 9.76. The summed E-state index contributed by atoms with van der Waals surface area (Å²) in [4.78, 5) is 3.93. The summed E-state index contributed by atoms with van der Waals surface area (Å²) in [6.07, 6.45) is 2.68. The van der Waals surface area contributed by atoms with Gasteiger partial charge in [-0.05, 0) is 23.7 Å². The number of aromatic nitrogens is 1. The fourth-order valence-electron chi connectivity index (χ4n) is 2.33. The molecule has 0 fully saturated rings. The highest BCUT2D eigenvalue weighted by molar-refractivity contribution is 5.25. The molecule has 0 aliphatic carbocycles. The van der Waals surface area contributed by atoms with Crippen molar-refractivity contribution in [1.29, 1.82) is 0 Å². The molecular formula is C16H19FN2O. The van der Waals surface area contributed by atoms with Gasteiger partial charge in [-0.15, -0.1) is 0 Å². The SMILES string of the molecule is CCNC(c1cncc(F)c1)C(OC)c1ccccc1. The Balaban J connectivity index is 2.35. The molecule has 2 aromatic rings. The van der Waals surface area contributed by atoms with E-state index in [-0.39, 0.29) is 18.0 Å². The minimum absolute atomic E-state index is 0.143. The van der Waals surface area contributed by atoms with Crippen LogP contribution in [0.25, 0.3) is 0 Å². The maximum absolute atomic E-state index is 13.4. The van der Waals surface area contributed by atoms with Crippen molar-refractivity contribution < 1.29 is 9.13 Å². The zero-order valence-corrected chi connectivity index (χ0v) is 11.7. The molecule has 1 N–H and O–H groups in total. The molecule has 0 aliphatic rings. The average Bonchev–Trinajstić information content (AvgIpc) is 2.48. The molecule has 2 atom stereocenters. The number of nitrogens with one attached hydrogen (secondary N) is 1. The first kappa shape index (κ1) is 14.6. The number of hydrogen-bond donors (Lipinski definition) is 1. The summed E-state index contributed by atoms with van der Waals surface area (Å²) < 4.78 is 19.0. The molecule has 4 heteroatoms. The number of likely N-dealkylation sites (N-methyl/N-ethyl adjacent to an activating group) is 1. The lowest BCUT2D eigenvalue weighted by molar-refractivity contribution is 0.0679. The number of hydrogen-bond acceptors (Lipinski definition) is 3. The van der Waals surface area contributed by atoms with E-state index in [1.54, 1.807) is 13.3 Å². The van der Waals surface area contributed by atoms with E-state index < -0.39 is 0 Å². The van der Waals surface area contributed by atoms with Crippen LogP contribution >= 0.6 is 0 Å². The molecule has 1 heterocycles. The third kappa shape index (κ3) is 3.40. The van der Waals surface area contributed by atoms with Gasteiger partial charge in [-0.2, -0.15) is 0 Å². The molecule has 0 amide bonds. The fourth-order valence-corrected chi connectivity index (χ4v) is 2.33. The third-order valence-electron chi connectivity index (χ3n) is 3.19. The van der Waals surface area contributed by atoms with Crippen molar-refractivity contribution in [1.82, 2.24) is 10.3 Å². The van der Waals surface area contributed by atoms with Crippen molar-refractivity contribution >= 4 is 0 Å². The standard InChI is InChI=1S/C16H19FN2O/c1-3-19-15(13-9-14(17)11-18-10-13)16(20-2)12-7-5-4-6-8-12/h4-11,15-16,19H,3H2,1-2H3. The Hall–Kier alpha value is -1.78. The number of benzene rings is 1. The molecule has 0 saturated heterocycles. The Morgan fingerprint density at radius 2 is 1.95 bits per heavy atom. The monoisotopic (exact) mass is 274 g/mol. The predicted molar refractivity (Wildman–Crippen MR) is 76.8 cm³/mol. The van der Waals surface area contributed by atoms with E-state index in [0.717, 1.165) is 17.7 Å². The van der Waals surface area contributed by atoms with Crippen LogP contribution in [-0.4, -0.2) is 18.6 Å². The van der Waals surface area contributed by atoms with Crippen LogP contribution in [0.15, 0.2) is 48.8 Å². The topological polar surface area (TPSA) is 34.2 Å². The molecule has 0 saturated carbocycles. The number of rotatable bonds is 6. The van der Waals surface area contributed by atoms with Crippen molar-refractivity contribution in [2.75, 3.05) is 13.7 Å². The fraction of sp³-hybridized carbons (Fsp3) is 0.312. The Morgan fingerprint density at radius 3 is 2.55 bits per heavy atom. The average molecular weight is 274 g/mol. The summed E-state index contributed by atoms with van der Waals surface area (Å²) in [5.41, 5.74) is 1.83. The minimum atomic E-state index is -0.340. The minimum Gasteiger partial charge on any atom is -0.375 e. The van der Waals surface area contributed by atoms with E-state index in [2.05, 4.69) is 10.3 Å². The van der Waals surface area contributed by atoms with Gasteiger partial charge in [-0.3, -0.25) is 4.98 Å². The van der Waals surface area contributed by atoms with Crippen LogP contribution in [0, 0.1) is 5.82 Å². The normalized spacial score (nSPS) is 13.9. The summed E-state index contributed by atoms with van der Waals surface area (Å²) >= 11 is 0. The second kappa shape index (κ2) is 7.12. The summed E-state index contributed by atoms with van der Waals surface area (Å²) in [5.74, 6) is -0.340. The van der Waals surface area contributed by atoms with E-state index >= 15 is 0 Å². The highest BCUT2D eigenvalue weighted by atomic mass is 19.1. The van der Waals surface area contributed by atoms with Gasteiger partial charge in [-0.1, -0.05) is 37.3 Å². The van der Waals surface area contributed by atoms with Crippen LogP contribution in [-0.2, 0) is 4.74 Å². The van der Waals surface area contributed by atoms with E-state index in [1.807, 2.05) is 37.3 Å². The van der Waals surface area contributed by atoms with Crippen LogP contribution in [0.1, 0.15) is 30.2 Å². The highest BCUT2D eigenvalue weighted by Crippen LogP contribution is 2.31. The van der Waals surface area contributed by atoms with E-state index in [4.69, 9.17) is 4.74 Å². The first-order valence-electron chi connectivity index (χ1n) is 6.67. The Bertz CT molecular complexity index is 533. The maximum atomic E-state index is 13.4. The molecule has 20 heavy (non-hydrogen) atoms. The van der Waals surface area contributed by atoms with E-state index in [1.165, 1.54) is 12.3 Å². The molecule has 0 spiro atoms. The molecule has 1 aromatic carbocycles. The summed E-state index contributed by atoms with van der Waals surface area (Å²) in [5, 5.41) is 3.34. The maximum Gasteiger partial charge on any atom is 0.141 e. The number of pyridine rings is 1. The van der Waals surface area contributed by atoms with Crippen molar-refractivity contribution in [3.63, 3.8) is 0 Å². The Morgan fingerprint density at radius 1 is 1.20 bits per heavy atom. The Kier molecular flexibility index (Phi) is 5.21. The quantitative estimate of drug-likeness (QED) is 0.878. The molecule has 3 nitrogen and oxygen atoms in total. The molecule has 0 aliphatic heterocycles. The van der Waals surface area contributed by atoms with Crippen molar-refractivity contribution in [3.8, 4) is 0 Å². The molecule has 106 valence electrons. The number of nitrogens with zero attached hydrogens (tertiary/aromatic N) is 1. The highest BCUT2D eigenvalue weighted by Gasteiger charge is 2.24. The number of methoxy groups -OCH3 is 1.